The van der Waals surface area contributed by atoms with Crippen LogP contribution >= 0.6 is 11.6 Å². The molecule has 0 amide bonds. The largest absolute Gasteiger partial charge is 0.376 e. The maximum absolute atomic E-state index is 6.15. The zero-order valence-corrected chi connectivity index (χ0v) is 12.4. The first-order chi connectivity index (χ1) is 9.83. The van der Waals surface area contributed by atoms with E-state index in [1.54, 1.807) is 0 Å². The maximum Gasteiger partial charge on any atom is 0.224 e. The molecule has 2 atom stereocenters. The molecule has 4 rings (SSSR count). The predicted molar refractivity (Wildman–Crippen MR) is 78.4 cm³/mol. The second kappa shape index (κ2) is 5.15. The summed E-state index contributed by atoms with van der Waals surface area (Å²) in [6.07, 6.45) is 8.41. The first-order valence-corrected chi connectivity index (χ1v) is 8.14. The van der Waals surface area contributed by atoms with Gasteiger partial charge in [-0.3, -0.25) is 0 Å². The molecule has 2 fully saturated rings. The molecule has 108 valence electrons. The molecule has 1 aromatic heterocycles. The van der Waals surface area contributed by atoms with Gasteiger partial charge in [-0.1, -0.05) is 0 Å². The Labute approximate surface area is 124 Å². The van der Waals surface area contributed by atoms with Crippen LogP contribution in [0.2, 0.25) is 5.28 Å². The van der Waals surface area contributed by atoms with Crippen LogP contribution in [0.4, 0.5) is 5.82 Å². The fourth-order valence-corrected chi connectivity index (χ4v) is 4.16. The van der Waals surface area contributed by atoms with E-state index in [-0.39, 0.29) is 0 Å². The van der Waals surface area contributed by atoms with Gasteiger partial charge in [0.1, 0.15) is 5.82 Å². The number of halogens is 1. The van der Waals surface area contributed by atoms with Crippen LogP contribution in [0.5, 0.6) is 0 Å². The minimum absolute atomic E-state index is 0.378. The number of rotatable bonds is 1. The summed E-state index contributed by atoms with van der Waals surface area (Å²) in [7, 11) is 0. The smallest absolute Gasteiger partial charge is 0.224 e. The van der Waals surface area contributed by atoms with Crippen LogP contribution in [-0.2, 0) is 17.6 Å². The minimum atomic E-state index is 0.378. The van der Waals surface area contributed by atoms with Crippen LogP contribution in [0.3, 0.4) is 0 Å². The highest BCUT2D eigenvalue weighted by Crippen LogP contribution is 2.36. The highest BCUT2D eigenvalue weighted by Gasteiger charge is 2.37. The number of aryl methyl sites for hydroxylation is 1. The first kappa shape index (κ1) is 12.8. The first-order valence-electron chi connectivity index (χ1n) is 7.76. The van der Waals surface area contributed by atoms with E-state index in [1.807, 2.05) is 0 Å². The van der Waals surface area contributed by atoms with Gasteiger partial charge in [0.25, 0.3) is 0 Å². The Balaban J connectivity index is 1.75. The number of anilines is 1. The normalized spacial score (nSPS) is 29.1. The van der Waals surface area contributed by atoms with Gasteiger partial charge in [0, 0.05) is 18.7 Å². The van der Waals surface area contributed by atoms with E-state index in [0.29, 0.717) is 17.4 Å². The van der Waals surface area contributed by atoms with Gasteiger partial charge in [0.15, 0.2) is 0 Å². The van der Waals surface area contributed by atoms with Crippen LogP contribution < -0.4 is 4.90 Å². The quantitative estimate of drug-likeness (QED) is 0.746. The second-order valence-electron chi connectivity index (χ2n) is 6.05. The summed E-state index contributed by atoms with van der Waals surface area (Å²) >= 11 is 6.15. The van der Waals surface area contributed by atoms with Crippen molar-refractivity contribution in [3.8, 4) is 0 Å². The van der Waals surface area contributed by atoms with Gasteiger partial charge in [0.05, 0.1) is 17.8 Å². The summed E-state index contributed by atoms with van der Waals surface area (Å²) in [5.41, 5.74) is 2.50. The Morgan fingerprint density at radius 3 is 3.00 bits per heavy atom. The lowest BCUT2D eigenvalue weighted by atomic mass is 10.1. The van der Waals surface area contributed by atoms with Crippen molar-refractivity contribution in [1.29, 1.82) is 0 Å². The number of nitrogens with zero attached hydrogens (tertiary/aromatic N) is 3. The zero-order chi connectivity index (χ0) is 13.5. The molecule has 0 spiro atoms. The highest BCUT2D eigenvalue weighted by molar-refractivity contribution is 6.28. The summed E-state index contributed by atoms with van der Waals surface area (Å²) in [4.78, 5) is 11.5. The van der Waals surface area contributed by atoms with E-state index in [4.69, 9.17) is 16.3 Å². The molecule has 1 aromatic rings. The average Bonchev–Trinajstić information content (AvgIpc) is 3.04. The number of ether oxygens (including phenoxy) is 1. The zero-order valence-electron chi connectivity index (χ0n) is 11.6. The third-order valence-corrected chi connectivity index (χ3v) is 5.02. The van der Waals surface area contributed by atoms with Gasteiger partial charge in [-0.15, -0.1) is 0 Å². The molecule has 2 aliphatic carbocycles. The molecule has 0 unspecified atom stereocenters. The van der Waals surface area contributed by atoms with Gasteiger partial charge < -0.3 is 9.64 Å². The highest BCUT2D eigenvalue weighted by atomic mass is 35.5. The number of hydrogen-bond acceptors (Lipinski definition) is 4. The average molecular weight is 294 g/mol. The molecule has 5 heteroatoms. The van der Waals surface area contributed by atoms with Gasteiger partial charge in [-0.05, 0) is 56.5 Å². The lowest BCUT2D eigenvalue weighted by Gasteiger charge is -2.32. The summed E-state index contributed by atoms with van der Waals surface area (Å²) in [6.45, 7) is 1.90. The lowest BCUT2D eigenvalue weighted by molar-refractivity contribution is 0.0590. The Bertz CT molecular complexity index is 522. The number of hydrogen-bond donors (Lipinski definition) is 0. The van der Waals surface area contributed by atoms with E-state index < -0.39 is 0 Å². The van der Waals surface area contributed by atoms with E-state index in [0.717, 1.165) is 38.2 Å². The molecule has 1 aliphatic heterocycles. The molecule has 1 saturated carbocycles. The number of fused-ring (bicyclic) bond motifs is 2. The van der Waals surface area contributed by atoms with E-state index >= 15 is 0 Å². The summed E-state index contributed by atoms with van der Waals surface area (Å²) in [5.74, 6) is 1.10. The maximum atomic E-state index is 6.15. The molecule has 3 aliphatic rings. The third kappa shape index (κ3) is 2.09. The van der Waals surface area contributed by atoms with Crippen LogP contribution in [0.1, 0.15) is 43.4 Å². The van der Waals surface area contributed by atoms with Crippen LogP contribution in [0, 0.1) is 0 Å². The standard InChI is InChI=1S/C15H20ClN3O/c16-15-17-11-5-1-4-10(11)14(18-15)19-8-3-9-20-13-7-2-6-12(13)19/h12-13H,1-9H2/t12-,13-/m0/s1. The Hall–Kier alpha value is -0.870. The molecular weight excluding hydrogens is 274 g/mol. The van der Waals surface area contributed by atoms with Gasteiger partial charge in [-0.2, -0.15) is 0 Å². The van der Waals surface area contributed by atoms with Crippen molar-refractivity contribution in [3.63, 3.8) is 0 Å². The van der Waals surface area contributed by atoms with Crippen molar-refractivity contribution in [2.24, 2.45) is 0 Å². The van der Waals surface area contributed by atoms with Gasteiger partial charge in [0.2, 0.25) is 5.28 Å². The molecule has 0 aromatic carbocycles. The second-order valence-corrected chi connectivity index (χ2v) is 6.39. The monoisotopic (exact) mass is 293 g/mol. The third-order valence-electron chi connectivity index (χ3n) is 4.85. The van der Waals surface area contributed by atoms with Crippen LogP contribution in [0.25, 0.3) is 0 Å². The van der Waals surface area contributed by atoms with Crippen molar-refractivity contribution < 1.29 is 4.74 Å². The van der Waals surface area contributed by atoms with Gasteiger partial charge >= 0.3 is 0 Å². The predicted octanol–water partition coefficient (Wildman–Crippen LogP) is 2.77. The fourth-order valence-electron chi connectivity index (χ4n) is 3.98. The summed E-state index contributed by atoms with van der Waals surface area (Å²) in [6, 6.07) is 0.480. The summed E-state index contributed by atoms with van der Waals surface area (Å²) < 4.78 is 6.01. The van der Waals surface area contributed by atoms with Crippen molar-refractivity contribution in [1.82, 2.24) is 9.97 Å². The molecular formula is C15H20ClN3O. The molecule has 0 N–H and O–H groups in total. The lowest BCUT2D eigenvalue weighted by Crippen LogP contribution is -2.41. The Kier molecular flexibility index (Phi) is 3.31. The SMILES string of the molecule is Clc1nc2c(c(N3CCCO[C@H]4CCC[C@@H]43)n1)CCC2. The Morgan fingerprint density at radius 1 is 1.10 bits per heavy atom. The fraction of sp³-hybridized carbons (Fsp3) is 0.733. The van der Waals surface area contributed by atoms with Crippen molar-refractivity contribution in [3.05, 3.63) is 16.5 Å². The van der Waals surface area contributed by atoms with Crippen molar-refractivity contribution in [2.75, 3.05) is 18.1 Å². The topological polar surface area (TPSA) is 38.2 Å². The van der Waals surface area contributed by atoms with E-state index in [1.165, 1.54) is 36.9 Å². The molecule has 2 heterocycles. The van der Waals surface area contributed by atoms with E-state index in [9.17, 15) is 0 Å². The molecule has 0 bridgehead atoms. The van der Waals surface area contributed by atoms with Gasteiger partial charge in [-0.25, -0.2) is 9.97 Å². The summed E-state index contributed by atoms with van der Waals surface area (Å²) in [5, 5.41) is 0.403. The Morgan fingerprint density at radius 2 is 2.05 bits per heavy atom. The van der Waals surface area contributed by atoms with Crippen LogP contribution in [0.15, 0.2) is 0 Å². The molecule has 4 nitrogen and oxygen atoms in total. The number of aromatic nitrogens is 2. The molecule has 1 saturated heterocycles. The molecule has 0 radical (unpaired) electrons. The molecule has 20 heavy (non-hydrogen) atoms. The van der Waals surface area contributed by atoms with Crippen molar-refractivity contribution >= 4 is 17.4 Å². The van der Waals surface area contributed by atoms with E-state index in [2.05, 4.69) is 14.9 Å². The van der Waals surface area contributed by atoms with Crippen LogP contribution in [-0.4, -0.2) is 35.3 Å². The van der Waals surface area contributed by atoms with Crippen molar-refractivity contribution in [2.45, 2.75) is 57.1 Å². The minimum Gasteiger partial charge on any atom is -0.376 e.